The molecule has 0 spiro atoms. The number of carboxylic acid groups (broad SMARTS) is 1. The molecule has 3 atom stereocenters. The highest BCUT2D eigenvalue weighted by atomic mass is 35.5. The van der Waals surface area contributed by atoms with E-state index in [1.54, 1.807) is 42.5 Å². The molecular formula is C26H30ClFN2O3S2. The van der Waals surface area contributed by atoms with Gasteiger partial charge in [0.15, 0.2) is 0 Å². The molecule has 1 aliphatic rings. The molecule has 0 bridgehead atoms. The minimum Gasteiger partial charge on any atom is -0.497 e. The molecule has 1 aliphatic heterocycles. The van der Waals surface area contributed by atoms with Crippen molar-refractivity contribution in [2.75, 3.05) is 32.5 Å². The maximum Gasteiger partial charge on any atom is 0.308 e. The maximum absolute atomic E-state index is 15.4. The zero-order chi connectivity index (χ0) is 24.8. The molecule has 1 fully saturated rings. The Balaban J connectivity index is 1.30. The fourth-order valence-corrected chi connectivity index (χ4v) is 7.09. The largest absolute Gasteiger partial charge is 0.497 e. The summed E-state index contributed by atoms with van der Waals surface area (Å²) in [4.78, 5) is 18.6. The van der Waals surface area contributed by atoms with Crippen molar-refractivity contribution in [3.63, 3.8) is 0 Å². The van der Waals surface area contributed by atoms with Gasteiger partial charge in [-0.3, -0.25) is 9.78 Å². The number of nitrogens with zero attached hydrogens (tertiary/aromatic N) is 2. The molecule has 3 heterocycles. The van der Waals surface area contributed by atoms with Crippen molar-refractivity contribution in [3.05, 3.63) is 52.5 Å². The van der Waals surface area contributed by atoms with Crippen LogP contribution >= 0.6 is 34.7 Å². The number of carbonyl (C=O) groups is 1. The number of halogens is 2. The summed E-state index contributed by atoms with van der Waals surface area (Å²) >= 11 is 9.55. The number of hydrogen-bond donors (Lipinski definition) is 1. The van der Waals surface area contributed by atoms with Gasteiger partial charge >= 0.3 is 5.97 Å². The van der Waals surface area contributed by atoms with Gasteiger partial charge in [-0.2, -0.15) is 0 Å². The Bertz CT molecular complexity index is 1140. The first-order chi connectivity index (χ1) is 17.0. The molecule has 4 rings (SSSR count). The average Bonchev–Trinajstić information content (AvgIpc) is 3.29. The first-order valence-electron chi connectivity index (χ1n) is 11.8. The van der Waals surface area contributed by atoms with Gasteiger partial charge in [0.25, 0.3) is 0 Å². The summed E-state index contributed by atoms with van der Waals surface area (Å²) in [5.41, 5.74) is 1.31. The minimum absolute atomic E-state index is 0.0241. The van der Waals surface area contributed by atoms with E-state index in [2.05, 4.69) is 9.88 Å². The van der Waals surface area contributed by atoms with E-state index >= 15 is 4.39 Å². The summed E-state index contributed by atoms with van der Waals surface area (Å²) < 4.78 is 21.8. The Morgan fingerprint density at radius 3 is 3.00 bits per heavy atom. The molecule has 0 aliphatic carbocycles. The number of piperidine rings is 1. The third kappa shape index (κ3) is 6.67. The maximum atomic E-state index is 15.4. The van der Waals surface area contributed by atoms with Gasteiger partial charge in [-0.1, -0.05) is 11.6 Å². The highest BCUT2D eigenvalue weighted by molar-refractivity contribution is 8.01. The number of rotatable bonds is 11. The lowest BCUT2D eigenvalue weighted by Gasteiger charge is -2.36. The van der Waals surface area contributed by atoms with Crippen LogP contribution in [0, 0.1) is 11.8 Å². The number of likely N-dealkylation sites (tertiary alicyclic amines) is 1. The molecule has 0 amide bonds. The number of aliphatic carboxylic acids is 1. The summed E-state index contributed by atoms with van der Waals surface area (Å²) in [6.45, 7) is 2.24. The van der Waals surface area contributed by atoms with E-state index in [0.717, 1.165) is 51.8 Å². The zero-order valence-electron chi connectivity index (χ0n) is 19.7. The summed E-state index contributed by atoms with van der Waals surface area (Å²) in [5.74, 6) is 0.336. The SMILES string of the molecule is COc1ccc2nccc(C(F)CC[C@@H]3CCN(CCCSc4sccc4Cl)C[C@@H]3C(=O)O)c2c1. The van der Waals surface area contributed by atoms with Gasteiger partial charge in [0, 0.05) is 23.9 Å². The van der Waals surface area contributed by atoms with Crippen molar-refractivity contribution in [2.45, 2.75) is 36.1 Å². The second kappa shape index (κ2) is 12.4. The third-order valence-corrected chi connectivity index (χ3v) is 9.57. The number of thioether (sulfide) groups is 1. The van der Waals surface area contributed by atoms with Gasteiger partial charge in [-0.15, -0.1) is 23.1 Å². The number of pyridine rings is 1. The van der Waals surface area contributed by atoms with E-state index < -0.39 is 18.1 Å². The van der Waals surface area contributed by atoms with Gasteiger partial charge < -0.3 is 14.7 Å². The molecule has 0 radical (unpaired) electrons. The quantitative estimate of drug-likeness (QED) is 0.211. The van der Waals surface area contributed by atoms with Crippen LogP contribution in [-0.4, -0.2) is 53.5 Å². The van der Waals surface area contributed by atoms with Gasteiger partial charge in [-0.25, -0.2) is 4.39 Å². The Morgan fingerprint density at radius 1 is 1.40 bits per heavy atom. The smallest absolute Gasteiger partial charge is 0.308 e. The lowest BCUT2D eigenvalue weighted by Crippen LogP contribution is -2.44. The molecule has 9 heteroatoms. The second-order valence-electron chi connectivity index (χ2n) is 8.88. The van der Waals surface area contributed by atoms with E-state index in [1.165, 1.54) is 0 Å². The minimum atomic E-state index is -1.18. The molecular weight excluding hydrogens is 507 g/mol. The number of methoxy groups -OCH3 is 1. The molecule has 188 valence electrons. The number of thiophene rings is 1. The molecule has 0 saturated carbocycles. The standard InChI is InChI=1S/C26H30ClFN2O3S2/c1-33-18-4-6-24-20(15-18)19(7-10-29-24)23(28)5-3-17-8-12-30(16-21(17)25(31)32)11-2-13-34-26-22(27)9-14-35-26/h4,6-7,9-10,14-15,17,21,23H,2-3,5,8,11-13,16H2,1H3,(H,31,32)/t17-,21+,23?/m1/s1. The highest BCUT2D eigenvalue weighted by Crippen LogP contribution is 2.36. The van der Waals surface area contributed by atoms with E-state index in [0.29, 0.717) is 30.7 Å². The fraction of sp³-hybridized carbons (Fsp3) is 0.462. The Kier molecular flexibility index (Phi) is 9.27. The normalized spacial score (nSPS) is 19.6. The van der Waals surface area contributed by atoms with Crippen LogP contribution < -0.4 is 4.74 Å². The van der Waals surface area contributed by atoms with Crippen LogP contribution in [-0.2, 0) is 4.79 Å². The van der Waals surface area contributed by atoms with Crippen molar-refractivity contribution in [1.29, 1.82) is 0 Å². The number of benzene rings is 1. The molecule has 35 heavy (non-hydrogen) atoms. The number of hydrogen-bond acceptors (Lipinski definition) is 6. The zero-order valence-corrected chi connectivity index (χ0v) is 22.0. The molecule has 1 aromatic carbocycles. The number of carboxylic acids is 1. The van der Waals surface area contributed by atoms with Crippen LogP contribution in [0.25, 0.3) is 10.9 Å². The highest BCUT2D eigenvalue weighted by Gasteiger charge is 2.34. The van der Waals surface area contributed by atoms with E-state index in [4.69, 9.17) is 16.3 Å². The van der Waals surface area contributed by atoms with Crippen LogP contribution in [0.1, 0.15) is 37.4 Å². The molecule has 1 unspecified atom stereocenters. The Morgan fingerprint density at radius 2 is 2.26 bits per heavy atom. The first-order valence-corrected chi connectivity index (χ1v) is 14.1. The Hall–Kier alpha value is -1.87. The van der Waals surface area contributed by atoms with E-state index in [-0.39, 0.29) is 5.92 Å². The van der Waals surface area contributed by atoms with Crippen molar-refractivity contribution >= 4 is 51.6 Å². The average molecular weight is 537 g/mol. The molecule has 2 aromatic heterocycles. The predicted octanol–water partition coefficient (Wildman–Crippen LogP) is 6.95. The summed E-state index contributed by atoms with van der Waals surface area (Å²) in [5, 5.41) is 13.4. The lowest BCUT2D eigenvalue weighted by molar-refractivity contribution is -0.146. The number of alkyl halides is 1. The Labute approximate surface area is 218 Å². The summed E-state index contributed by atoms with van der Waals surface area (Å²) in [6, 6.07) is 9.08. The number of aromatic nitrogens is 1. The lowest BCUT2D eigenvalue weighted by atomic mass is 9.81. The van der Waals surface area contributed by atoms with Crippen molar-refractivity contribution in [2.24, 2.45) is 11.8 Å². The van der Waals surface area contributed by atoms with Crippen LogP contribution in [0.5, 0.6) is 5.75 Å². The van der Waals surface area contributed by atoms with Crippen molar-refractivity contribution in [1.82, 2.24) is 9.88 Å². The molecule has 3 aromatic rings. The van der Waals surface area contributed by atoms with Gasteiger partial charge in [-0.05, 0) is 86.0 Å². The summed E-state index contributed by atoms with van der Waals surface area (Å²) in [6.07, 6.45) is 3.04. The third-order valence-electron chi connectivity index (χ3n) is 6.70. The number of ether oxygens (including phenoxy) is 1. The predicted molar refractivity (Wildman–Crippen MR) is 142 cm³/mol. The molecule has 5 nitrogen and oxygen atoms in total. The van der Waals surface area contributed by atoms with Gasteiger partial charge in [0.05, 0.1) is 27.8 Å². The van der Waals surface area contributed by atoms with Crippen molar-refractivity contribution < 1.29 is 19.0 Å². The molecule has 1 saturated heterocycles. The topological polar surface area (TPSA) is 62.7 Å². The fourth-order valence-electron chi connectivity index (χ4n) is 4.79. The second-order valence-corrected chi connectivity index (χ2v) is 11.6. The van der Waals surface area contributed by atoms with Crippen LogP contribution in [0.2, 0.25) is 5.02 Å². The molecule has 1 N–H and O–H groups in total. The first kappa shape index (κ1) is 26.2. The van der Waals surface area contributed by atoms with Gasteiger partial charge in [0.2, 0.25) is 0 Å². The monoisotopic (exact) mass is 536 g/mol. The van der Waals surface area contributed by atoms with E-state index in [1.807, 2.05) is 29.6 Å². The number of fused-ring (bicyclic) bond motifs is 1. The summed E-state index contributed by atoms with van der Waals surface area (Å²) in [7, 11) is 1.58. The van der Waals surface area contributed by atoms with Crippen molar-refractivity contribution in [3.8, 4) is 5.75 Å². The van der Waals surface area contributed by atoms with Crippen LogP contribution in [0.15, 0.2) is 46.1 Å². The van der Waals surface area contributed by atoms with Gasteiger partial charge in [0.1, 0.15) is 11.9 Å². The van der Waals surface area contributed by atoms with Crippen LogP contribution in [0.4, 0.5) is 4.39 Å². The van der Waals surface area contributed by atoms with Crippen LogP contribution in [0.3, 0.4) is 0 Å². The van der Waals surface area contributed by atoms with E-state index in [9.17, 15) is 9.90 Å².